The number of aromatic amines is 1. The Morgan fingerprint density at radius 1 is 1.36 bits per heavy atom. The predicted molar refractivity (Wildman–Crippen MR) is 86.6 cm³/mol. The average molecular weight is 344 g/mol. The van der Waals surface area contributed by atoms with E-state index in [9.17, 15) is 9.59 Å². The fourth-order valence-corrected chi connectivity index (χ4v) is 3.60. The van der Waals surface area contributed by atoms with Crippen LogP contribution < -0.4 is 4.90 Å². The number of carbonyl (C=O) groups is 2. The van der Waals surface area contributed by atoms with E-state index in [0.717, 1.165) is 12.8 Å². The molecule has 2 aliphatic heterocycles. The summed E-state index contributed by atoms with van der Waals surface area (Å²) in [6.45, 7) is 3.52. The van der Waals surface area contributed by atoms with Crippen LogP contribution in [-0.4, -0.2) is 56.7 Å². The molecule has 1 N–H and O–H groups in total. The Hall–Kier alpha value is -2.71. The molecular formula is C16H20N6O3. The van der Waals surface area contributed by atoms with E-state index in [2.05, 4.69) is 20.3 Å². The first-order chi connectivity index (χ1) is 12.1. The largest absolute Gasteiger partial charge is 0.342 e. The number of anilines is 1. The van der Waals surface area contributed by atoms with Gasteiger partial charge in [0.05, 0.1) is 17.8 Å². The van der Waals surface area contributed by atoms with Gasteiger partial charge in [-0.25, -0.2) is 0 Å². The van der Waals surface area contributed by atoms with Gasteiger partial charge >= 0.3 is 0 Å². The van der Waals surface area contributed by atoms with Gasteiger partial charge in [0, 0.05) is 38.2 Å². The number of rotatable bonds is 3. The van der Waals surface area contributed by atoms with Crippen LogP contribution in [0, 0.1) is 12.8 Å². The highest BCUT2D eigenvalue weighted by molar-refractivity contribution is 6.00. The van der Waals surface area contributed by atoms with Gasteiger partial charge in [-0.2, -0.15) is 10.1 Å². The molecule has 4 rings (SSSR count). The number of aromatic nitrogens is 4. The number of carbonyl (C=O) groups excluding carboxylic acids is 2. The van der Waals surface area contributed by atoms with E-state index in [-0.39, 0.29) is 30.1 Å². The minimum Gasteiger partial charge on any atom is -0.342 e. The first-order valence-electron chi connectivity index (χ1n) is 8.50. The molecule has 0 saturated carbocycles. The molecule has 1 unspecified atom stereocenters. The molecule has 0 aliphatic carbocycles. The van der Waals surface area contributed by atoms with Crippen molar-refractivity contribution in [2.24, 2.45) is 5.92 Å². The van der Waals surface area contributed by atoms with E-state index >= 15 is 0 Å². The third-order valence-corrected chi connectivity index (χ3v) is 4.97. The number of hydrogen-bond acceptors (Lipinski definition) is 6. The van der Waals surface area contributed by atoms with E-state index in [1.165, 1.54) is 0 Å². The highest BCUT2D eigenvalue weighted by Crippen LogP contribution is 2.30. The molecule has 0 spiro atoms. The van der Waals surface area contributed by atoms with Gasteiger partial charge in [0.2, 0.25) is 17.7 Å². The van der Waals surface area contributed by atoms with Crippen LogP contribution in [-0.2, 0) is 9.59 Å². The van der Waals surface area contributed by atoms with Crippen molar-refractivity contribution in [2.45, 2.75) is 32.1 Å². The SMILES string of the molecule is Cc1noc(C2CCN(C(=O)C3CC(=O)N(c4cn[nH]c4)C3)CC2)n1. The van der Waals surface area contributed by atoms with Gasteiger partial charge in [0.15, 0.2) is 5.82 Å². The van der Waals surface area contributed by atoms with Crippen molar-refractivity contribution in [3.05, 3.63) is 24.1 Å². The second kappa shape index (κ2) is 6.30. The monoisotopic (exact) mass is 344 g/mol. The number of nitrogens with one attached hydrogen (secondary N) is 1. The fraction of sp³-hybridized carbons (Fsp3) is 0.562. The minimum absolute atomic E-state index is 0.0315. The Bertz CT molecular complexity index is 763. The summed E-state index contributed by atoms with van der Waals surface area (Å²) in [5.41, 5.74) is 0.714. The molecular weight excluding hydrogens is 324 g/mol. The van der Waals surface area contributed by atoms with Crippen molar-refractivity contribution in [2.75, 3.05) is 24.5 Å². The Kier molecular flexibility index (Phi) is 3.98. The Morgan fingerprint density at radius 3 is 2.80 bits per heavy atom. The summed E-state index contributed by atoms with van der Waals surface area (Å²) in [6.07, 6.45) is 5.14. The van der Waals surface area contributed by atoms with E-state index in [0.29, 0.717) is 37.0 Å². The normalized spacial score (nSPS) is 22.0. The summed E-state index contributed by atoms with van der Waals surface area (Å²) in [4.78, 5) is 32.7. The van der Waals surface area contributed by atoms with Crippen LogP contribution in [0.5, 0.6) is 0 Å². The summed E-state index contributed by atoms with van der Waals surface area (Å²) in [7, 11) is 0. The number of amides is 2. The standard InChI is InChI=1S/C16H20N6O3/c1-10-19-15(25-20-10)11-2-4-21(5-3-11)16(24)12-6-14(23)22(9-12)13-7-17-18-8-13/h7-8,11-12H,2-6,9H2,1H3,(H,17,18). The number of piperidine rings is 1. The Labute approximate surface area is 144 Å². The van der Waals surface area contributed by atoms with Crippen molar-refractivity contribution in [1.29, 1.82) is 0 Å². The smallest absolute Gasteiger partial charge is 0.229 e. The van der Waals surface area contributed by atoms with Crippen molar-refractivity contribution in [1.82, 2.24) is 25.2 Å². The molecule has 1 atom stereocenters. The van der Waals surface area contributed by atoms with Gasteiger partial charge in [0.1, 0.15) is 0 Å². The molecule has 0 radical (unpaired) electrons. The zero-order valence-corrected chi connectivity index (χ0v) is 14.0. The third-order valence-electron chi connectivity index (χ3n) is 4.97. The van der Waals surface area contributed by atoms with Crippen LogP contribution in [0.4, 0.5) is 5.69 Å². The molecule has 9 heteroatoms. The molecule has 2 aliphatic rings. The van der Waals surface area contributed by atoms with E-state index in [1.807, 2.05) is 4.90 Å². The summed E-state index contributed by atoms with van der Waals surface area (Å²) in [5.74, 6) is 1.24. The molecule has 0 aromatic carbocycles. The molecule has 4 heterocycles. The summed E-state index contributed by atoms with van der Waals surface area (Å²) < 4.78 is 5.24. The number of hydrogen-bond donors (Lipinski definition) is 1. The number of aryl methyl sites for hydroxylation is 1. The minimum atomic E-state index is -0.287. The summed E-state index contributed by atoms with van der Waals surface area (Å²) in [6, 6.07) is 0. The van der Waals surface area contributed by atoms with Crippen molar-refractivity contribution in [3.63, 3.8) is 0 Å². The summed E-state index contributed by atoms with van der Waals surface area (Å²) in [5, 5.41) is 10.4. The molecule has 2 aromatic heterocycles. The van der Waals surface area contributed by atoms with E-state index in [1.54, 1.807) is 24.2 Å². The van der Waals surface area contributed by atoms with Gasteiger partial charge in [-0.15, -0.1) is 0 Å². The Morgan fingerprint density at radius 2 is 2.16 bits per heavy atom. The number of H-pyrrole nitrogens is 1. The lowest BCUT2D eigenvalue weighted by molar-refractivity contribution is -0.136. The van der Waals surface area contributed by atoms with Crippen molar-refractivity contribution >= 4 is 17.5 Å². The van der Waals surface area contributed by atoms with E-state index < -0.39 is 0 Å². The Balaban J connectivity index is 1.36. The molecule has 25 heavy (non-hydrogen) atoms. The quantitative estimate of drug-likeness (QED) is 0.885. The second-order valence-electron chi connectivity index (χ2n) is 6.64. The zero-order valence-electron chi connectivity index (χ0n) is 14.0. The topological polar surface area (TPSA) is 108 Å². The lowest BCUT2D eigenvalue weighted by Crippen LogP contribution is -2.42. The molecule has 0 bridgehead atoms. The molecule has 132 valence electrons. The zero-order chi connectivity index (χ0) is 17.4. The molecule has 9 nitrogen and oxygen atoms in total. The molecule has 2 aromatic rings. The molecule has 2 amide bonds. The fourth-order valence-electron chi connectivity index (χ4n) is 3.60. The second-order valence-corrected chi connectivity index (χ2v) is 6.64. The van der Waals surface area contributed by atoms with Crippen LogP contribution in [0.2, 0.25) is 0 Å². The van der Waals surface area contributed by atoms with Crippen LogP contribution in [0.1, 0.15) is 36.9 Å². The highest BCUT2D eigenvalue weighted by Gasteiger charge is 2.38. The molecule has 2 fully saturated rings. The lowest BCUT2D eigenvalue weighted by atomic mass is 9.95. The molecule has 2 saturated heterocycles. The van der Waals surface area contributed by atoms with Crippen LogP contribution in [0.25, 0.3) is 0 Å². The van der Waals surface area contributed by atoms with Gasteiger partial charge in [-0.05, 0) is 19.8 Å². The average Bonchev–Trinajstić information content (AvgIpc) is 3.35. The number of likely N-dealkylation sites (tertiary alicyclic amines) is 1. The highest BCUT2D eigenvalue weighted by atomic mass is 16.5. The van der Waals surface area contributed by atoms with Crippen molar-refractivity contribution < 1.29 is 14.1 Å². The van der Waals surface area contributed by atoms with Crippen LogP contribution in [0.15, 0.2) is 16.9 Å². The van der Waals surface area contributed by atoms with Gasteiger partial charge in [-0.3, -0.25) is 14.7 Å². The van der Waals surface area contributed by atoms with E-state index in [4.69, 9.17) is 4.52 Å². The van der Waals surface area contributed by atoms with Gasteiger partial charge < -0.3 is 14.3 Å². The third kappa shape index (κ3) is 3.01. The van der Waals surface area contributed by atoms with Gasteiger partial charge in [0.25, 0.3) is 0 Å². The lowest BCUT2D eigenvalue weighted by Gasteiger charge is -2.32. The van der Waals surface area contributed by atoms with Crippen molar-refractivity contribution in [3.8, 4) is 0 Å². The first kappa shape index (κ1) is 15.8. The first-order valence-corrected chi connectivity index (χ1v) is 8.50. The summed E-state index contributed by atoms with van der Waals surface area (Å²) >= 11 is 0. The number of nitrogens with zero attached hydrogens (tertiary/aromatic N) is 5. The van der Waals surface area contributed by atoms with Gasteiger partial charge in [-0.1, -0.05) is 5.16 Å². The van der Waals surface area contributed by atoms with Crippen LogP contribution in [0.3, 0.4) is 0 Å². The maximum Gasteiger partial charge on any atom is 0.229 e. The predicted octanol–water partition coefficient (Wildman–Crippen LogP) is 0.860. The van der Waals surface area contributed by atoms with Crippen LogP contribution >= 0.6 is 0 Å². The maximum absolute atomic E-state index is 12.8. The maximum atomic E-state index is 12.8.